The summed E-state index contributed by atoms with van der Waals surface area (Å²) in [6.45, 7) is 2.51. The number of anilines is 2. The predicted molar refractivity (Wildman–Crippen MR) is 134 cm³/mol. The number of nitrogens with one attached hydrogen (secondary N) is 1. The molecular weight excluding hydrogens is 458 g/mol. The Morgan fingerprint density at radius 1 is 1.06 bits per heavy atom. The van der Waals surface area contributed by atoms with Crippen molar-refractivity contribution >= 4 is 51.4 Å². The zero-order valence-electron chi connectivity index (χ0n) is 18.0. The van der Waals surface area contributed by atoms with Crippen molar-refractivity contribution < 1.29 is 9.53 Å². The number of piperazine rings is 1. The first-order valence-corrected chi connectivity index (χ1v) is 11.8. The number of carbonyl (C=O) groups excluding carboxylic acids is 1. The second-order valence-corrected chi connectivity index (χ2v) is 9.03. The Kier molecular flexibility index (Phi) is 6.02. The Morgan fingerprint density at radius 2 is 1.91 bits per heavy atom. The van der Waals surface area contributed by atoms with E-state index in [0.29, 0.717) is 48.5 Å². The van der Waals surface area contributed by atoms with Crippen LogP contribution >= 0.6 is 22.9 Å². The van der Waals surface area contributed by atoms with E-state index in [-0.39, 0.29) is 6.03 Å². The summed E-state index contributed by atoms with van der Waals surface area (Å²) in [5, 5.41) is 6.56. The molecule has 0 atom stereocenters. The number of carbonyl (C=O) groups is 1. The number of thiophene rings is 1. The van der Waals surface area contributed by atoms with Gasteiger partial charge in [-0.15, -0.1) is 11.3 Å². The molecule has 0 spiro atoms. The van der Waals surface area contributed by atoms with Gasteiger partial charge in [0.15, 0.2) is 5.82 Å². The zero-order valence-corrected chi connectivity index (χ0v) is 19.6. The molecule has 4 aromatic rings. The van der Waals surface area contributed by atoms with Crippen molar-refractivity contribution in [1.29, 1.82) is 0 Å². The third kappa shape index (κ3) is 4.58. The lowest BCUT2D eigenvalue weighted by Gasteiger charge is -2.35. The average molecular weight is 480 g/mol. The first-order chi connectivity index (χ1) is 16.1. The number of amides is 2. The van der Waals surface area contributed by atoms with Gasteiger partial charge in [0.05, 0.1) is 17.5 Å². The molecule has 0 radical (unpaired) electrons. The molecule has 1 N–H and O–H groups in total. The second-order valence-electron chi connectivity index (χ2n) is 7.65. The first kappa shape index (κ1) is 21.5. The van der Waals surface area contributed by atoms with E-state index in [2.05, 4.69) is 10.2 Å². The molecule has 1 aliphatic heterocycles. The Morgan fingerprint density at radius 3 is 2.67 bits per heavy atom. The molecule has 0 bridgehead atoms. The number of hydrogen-bond acceptors (Lipinski definition) is 6. The van der Waals surface area contributed by atoms with Crippen LogP contribution in [0.5, 0.6) is 5.75 Å². The van der Waals surface area contributed by atoms with Gasteiger partial charge < -0.3 is 19.9 Å². The molecule has 1 fully saturated rings. The predicted octanol–water partition coefficient (Wildman–Crippen LogP) is 5.37. The lowest BCUT2D eigenvalue weighted by molar-refractivity contribution is 0.208. The standard InChI is InChI=1S/C24H22ClN5O2S/c1-32-18-5-2-4-17(15-18)26-24(31)30-11-9-29(10-12-30)23-19-8-7-16(25)14-20(19)27-22(28-23)21-6-3-13-33-21/h2-8,13-15H,9-12H2,1H3,(H,26,31). The minimum atomic E-state index is -0.124. The number of nitrogens with zero attached hydrogens (tertiary/aromatic N) is 4. The number of rotatable bonds is 4. The average Bonchev–Trinajstić information content (AvgIpc) is 3.38. The van der Waals surface area contributed by atoms with Crippen LogP contribution in [0.2, 0.25) is 5.02 Å². The van der Waals surface area contributed by atoms with Crippen molar-refractivity contribution in [3.05, 3.63) is 65.0 Å². The topological polar surface area (TPSA) is 70.6 Å². The van der Waals surface area contributed by atoms with Gasteiger partial charge in [0, 0.05) is 48.3 Å². The molecule has 0 unspecified atom stereocenters. The number of halogens is 1. The Hall–Kier alpha value is -3.36. The molecule has 1 saturated heterocycles. The van der Waals surface area contributed by atoms with Crippen molar-refractivity contribution in [2.45, 2.75) is 0 Å². The molecule has 7 nitrogen and oxygen atoms in total. The molecule has 5 rings (SSSR count). The fraction of sp³-hybridized carbons (Fsp3) is 0.208. The lowest BCUT2D eigenvalue weighted by Crippen LogP contribution is -2.50. The van der Waals surface area contributed by atoms with Crippen LogP contribution < -0.4 is 15.0 Å². The Labute approximate surface area is 200 Å². The number of methoxy groups -OCH3 is 1. The molecule has 0 saturated carbocycles. The quantitative estimate of drug-likeness (QED) is 0.426. The number of benzene rings is 2. The highest BCUT2D eigenvalue weighted by Crippen LogP contribution is 2.31. The first-order valence-electron chi connectivity index (χ1n) is 10.6. The summed E-state index contributed by atoms with van der Waals surface area (Å²) in [5.74, 6) is 2.26. The fourth-order valence-electron chi connectivity index (χ4n) is 3.87. The summed E-state index contributed by atoms with van der Waals surface area (Å²) in [6.07, 6.45) is 0. The maximum Gasteiger partial charge on any atom is 0.321 e. The van der Waals surface area contributed by atoms with Crippen LogP contribution in [-0.2, 0) is 0 Å². The van der Waals surface area contributed by atoms with E-state index >= 15 is 0 Å². The molecule has 33 heavy (non-hydrogen) atoms. The minimum absolute atomic E-state index is 0.124. The monoisotopic (exact) mass is 479 g/mol. The van der Waals surface area contributed by atoms with Gasteiger partial charge in [0.25, 0.3) is 0 Å². The van der Waals surface area contributed by atoms with Crippen molar-refractivity contribution in [3.8, 4) is 16.5 Å². The zero-order chi connectivity index (χ0) is 22.8. The Bertz CT molecular complexity index is 1290. The van der Waals surface area contributed by atoms with Gasteiger partial charge in [-0.2, -0.15) is 0 Å². The fourth-order valence-corrected chi connectivity index (χ4v) is 4.69. The van der Waals surface area contributed by atoms with E-state index in [1.54, 1.807) is 24.5 Å². The number of fused-ring (bicyclic) bond motifs is 1. The van der Waals surface area contributed by atoms with Gasteiger partial charge in [-0.25, -0.2) is 14.8 Å². The molecular formula is C24H22ClN5O2S. The number of hydrogen-bond donors (Lipinski definition) is 1. The molecule has 1 aliphatic rings. The van der Waals surface area contributed by atoms with Crippen molar-refractivity contribution in [3.63, 3.8) is 0 Å². The highest BCUT2D eigenvalue weighted by Gasteiger charge is 2.24. The van der Waals surface area contributed by atoms with Gasteiger partial charge >= 0.3 is 6.03 Å². The summed E-state index contributed by atoms with van der Waals surface area (Å²) < 4.78 is 5.23. The summed E-state index contributed by atoms with van der Waals surface area (Å²) in [5.41, 5.74) is 1.52. The molecule has 2 aromatic heterocycles. The van der Waals surface area contributed by atoms with Gasteiger partial charge in [-0.3, -0.25) is 0 Å². The van der Waals surface area contributed by atoms with E-state index in [0.717, 1.165) is 21.6 Å². The van der Waals surface area contributed by atoms with Crippen LogP contribution in [0.1, 0.15) is 0 Å². The van der Waals surface area contributed by atoms with Crippen LogP contribution in [0.4, 0.5) is 16.3 Å². The SMILES string of the molecule is COc1cccc(NC(=O)N2CCN(c3nc(-c4cccs4)nc4cc(Cl)ccc34)CC2)c1. The lowest BCUT2D eigenvalue weighted by atomic mass is 10.2. The van der Waals surface area contributed by atoms with E-state index in [1.807, 2.05) is 58.8 Å². The van der Waals surface area contributed by atoms with E-state index in [9.17, 15) is 4.79 Å². The molecule has 9 heteroatoms. The highest BCUT2D eigenvalue weighted by atomic mass is 35.5. The van der Waals surface area contributed by atoms with Crippen LogP contribution in [0.15, 0.2) is 60.0 Å². The van der Waals surface area contributed by atoms with Gasteiger partial charge in [0.2, 0.25) is 0 Å². The minimum Gasteiger partial charge on any atom is -0.497 e. The van der Waals surface area contributed by atoms with Crippen LogP contribution in [-0.4, -0.2) is 54.2 Å². The van der Waals surface area contributed by atoms with Crippen molar-refractivity contribution in [2.24, 2.45) is 0 Å². The molecule has 2 amide bonds. The normalized spacial score (nSPS) is 13.9. The van der Waals surface area contributed by atoms with Crippen LogP contribution in [0.3, 0.4) is 0 Å². The maximum absolute atomic E-state index is 12.8. The molecule has 0 aliphatic carbocycles. The molecule has 168 valence electrons. The van der Waals surface area contributed by atoms with Crippen molar-refractivity contribution in [1.82, 2.24) is 14.9 Å². The highest BCUT2D eigenvalue weighted by molar-refractivity contribution is 7.13. The third-order valence-corrected chi connectivity index (χ3v) is 6.67. The third-order valence-electron chi connectivity index (χ3n) is 5.57. The summed E-state index contributed by atoms with van der Waals surface area (Å²) in [4.78, 5) is 27.5. The Balaban J connectivity index is 1.35. The summed E-state index contributed by atoms with van der Waals surface area (Å²) >= 11 is 7.85. The number of ether oxygens (including phenoxy) is 1. The number of urea groups is 1. The molecule has 3 heterocycles. The summed E-state index contributed by atoms with van der Waals surface area (Å²) in [6, 6.07) is 16.9. The van der Waals surface area contributed by atoms with E-state index in [4.69, 9.17) is 26.3 Å². The summed E-state index contributed by atoms with van der Waals surface area (Å²) in [7, 11) is 1.61. The van der Waals surface area contributed by atoms with E-state index < -0.39 is 0 Å². The number of aromatic nitrogens is 2. The van der Waals surface area contributed by atoms with Crippen LogP contribution in [0, 0.1) is 0 Å². The van der Waals surface area contributed by atoms with E-state index in [1.165, 1.54) is 0 Å². The smallest absolute Gasteiger partial charge is 0.321 e. The van der Waals surface area contributed by atoms with Crippen LogP contribution in [0.25, 0.3) is 21.6 Å². The van der Waals surface area contributed by atoms with Gasteiger partial charge in [-0.1, -0.05) is 23.7 Å². The second kappa shape index (κ2) is 9.25. The molecule has 2 aromatic carbocycles. The largest absolute Gasteiger partial charge is 0.497 e. The van der Waals surface area contributed by atoms with Gasteiger partial charge in [0.1, 0.15) is 11.6 Å². The van der Waals surface area contributed by atoms with Crippen molar-refractivity contribution in [2.75, 3.05) is 43.5 Å². The maximum atomic E-state index is 12.8. The van der Waals surface area contributed by atoms with Gasteiger partial charge in [-0.05, 0) is 41.8 Å².